The Kier molecular flexibility index (Phi) is 4.22. The maximum Gasteiger partial charge on any atom is 0.338 e. The van der Waals surface area contributed by atoms with Crippen LogP contribution in [0, 0.1) is 11.7 Å². The predicted molar refractivity (Wildman–Crippen MR) is 82.3 cm³/mol. The molecule has 1 unspecified atom stereocenters. The molecule has 0 radical (unpaired) electrons. The van der Waals surface area contributed by atoms with Gasteiger partial charge in [-0.2, -0.15) is 0 Å². The number of H-pyrrole nitrogens is 1. The number of carbonyl (C=O) groups is 1. The monoisotopic (exact) mass is 307 g/mol. The number of esters is 1. The van der Waals surface area contributed by atoms with Crippen molar-refractivity contribution in [3.63, 3.8) is 0 Å². The highest BCUT2D eigenvalue weighted by atomic mass is 32.1. The molecule has 1 atom stereocenters. The third-order valence-electron chi connectivity index (χ3n) is 3.46. The minimum absolute atomic E-state index is 0.0525. The minimum atomic E-state index is -0.566. The van der Waals surface area contributed by atoms with Crippen molar-refractivity contribution in [2.75, 3.05) is 7.11 Å². The van der Waals surface area contributed by atoms with Gasteiger partial charge in [-0.15, -0.1) is 0 Å². The van der Waals surface area contributed by atoms with E-state index in [1.165, 1.54) is 7.11 Å². The number of rotatable bonds is 3. The number of aromatic nitrogens is 3. The van der Waals surface area contributed by atoms with Crippen LogP contribution in [0.3, 0.4) is 0 Å². The quantitative estimate of drug-likeness (QED) is 0.696. The molecule has 0 aliphatic heterocycles. The molecule has 7 heteroatoms. The fourth-order valence-electron chi connectivity index (χ4n) is 2.23. The van der Waals surface area contributed by atoms with E-state index in [1.807, 2.05) is 13.8 Å². The molecule has 2 heterocycles. The van der Waals surface area contributed by atoms with Crippen LogP contribution >= 0.6 is 12.2 Å². The highest BCUT2D eigenvalue weighted by molar-refractivity contribution is 7.71. The maximum absolute atomic E-state index is 12.2. The number of fused-ring (bicyclic) bond motifs is 1. The van der Waals surface area contributed by atoms with Crippen molar-refractivity contribution >= 4 is 29.2 Å². The molecule has 0 aliphatic carbocycles. The summed E-state index contributed by atoms with van der Waals surface area (Å²) < 4.78 is 6.83. The van der Waals surface area contributed by atoms with Gasteiger partial charge in [-0.25, -0.2) is 9.78 Å². The Hall–Kier alpha value is -2.02. The lowest BCUT2D eigenvalue weighted by Crippen LogP contribution is -2.21. The Balaban J connectivity index is 3.02. The molecular weight excluding hydrogens is 290 g/mol. The average Bonchev–Trinajstić information content (AvgIpc) is 2.44. The van der Waals surface area contributed by atoms with Crippen LogP contribution in [0.2, 0.25) is 0 Å². The first-order valence-corrected chi connectivity index (χ1v) is 7.06. The van der Waals surface area contributed by atoms with Gasteiger partial charge in [0.2, 0.25) is 0 Å². The van der Waals surface area contributed by atoms with E-state index in [4.69, 9.17) is 17.0 Å². The topological polar surface area (TPSA) is 77.0 Å². The molecule has 2 rings (SSSR count). The Labute approximate surface area is 126 Å². The summed E-state index contributed by atoms with van der Waals surface area (Å²) in [4.78, 5) is 31.2. The van der Waals surface area contributed by atoms with Crippen LogP contribution in [-0.2, 0) is 4.74 Å². The van der Waals surface area contributed by atoms with Crippen molar-refractivity contribution in [1.82, 2.24) is 14.5 Å². The van der Waals surface area contributed by atoms with Crippen molar-refractivity contribution in [2.24, 2.45) is 0 Å². The molecule has 2 aromatic heterocycles. The zero-order chi connectivity index (χ0) is 15.7. The Morgan fingerprint density at radius 2 is 2.24 bits per heavy atom. The molecule has 1 N–H and O–H groups in total. The van der Waals surface area contributed by atoms with Crippen molar-refractivity contribution < 1.29 is 9.53 Å². The molecule has 0 saturated carbocycles. The van der Waals surface area contributed by atoms with Crippen molar-refractivity contribution in [2.45, 2.75) is 33.2 Å². The van der Waals surface area contributed by atoms with E-state index in [0.717, 1.165) is 6.42 Å². The molecule has 0 spiro atoms. The number of ether oxygens (including phenoxy) is 1. The second-order valence-electron chi connectivity index (χ2n) is 4.89. The lowest BCUT2D eigenvalue weighted by Gasteiger charge is -2.17. The largest absolute Gasteiger partial charge is 0.465 e. The first-order valence-electron chi connectivity index (χ1n) is 6.65. The molecule has 112 valence electrons. The second-order valence-corrected chi connectivity index (χ2v) is 5.27. The van der Waals surface area contributed by atoms with Gasteiger partial charge in [-0.1, -0.05) is 6.92 Å². The van der Waals surface area contributed by atoms with Gasteiger partial charge in [0.25, 0.3) is 5.56 Å². The molecular formula is C14H17N3O3S. The fraction of sp³-hybridized carbons (Fsp3) is 0.429. The molecule has 0 bridgehead atoms. The Morgan fingerprint density at radius 1 is 1.57 bits per heavy atom. The summed E-state index contributed by atoms with van der Waals surface area (Å²) in [5.41, 5.74) is 0.814. The third-order valence-corrected chi connectivity index (χ3v) is 3.76. The van der Waals surface area contributed by atoms with Gasteiger partial charge in [0.05, 0.1) is 18.1 Å². The summed E-state index contributed by atoms with van der Waals surface area (Å²) in [5.74, 6) is -0.566. The van der Waals surface area contributed by atoms with Gasteiger partial charge in [0.1, 0.15) is 5.65 Å². The third kappa shape index (κ3) is 2.61. The Bertz CT molecular complexity index is 823. The van der Waals surface area contributed by atoms with E-state index < -0.39 is 11.5 Å². The standard InChI is InChI=1S/C14H17N3O3S/c1-5-8(3)17-11-10(12(18)16-14(17)21)9(13(19)20-4)6-7(2)15-11/h6,8H,5H2,1-4H3,(H,16,18,21). The van der Waals surface area contributed by atoms with Crippen LogP contribution in [0.4, 0.5) is 0 Å². The predicted octanol–water partition coefficient (Wildman–Crippen LogP) is 2.52. The van der Waals surface area contributed by atoms with Gasteiger partial charge >= 0.3 is 5.97 Å². The summed E-state index contributed by atoms with van der Waals surface area (Å²) >= 11 is 5.24. The Morgan fingerprint density at radius 3 is 2.81 bits per heavy atom. The summed E-state index contributed by atoms with van der Waals surface area (Å²) in [7, 11) is 1.28. The van der Waals surface area contributed by atoms with Crippen LogP contribution in [-0.4, -0.2) is 27.6 Å². The van der Waals surface area contributed by atoms with Crippen molar-refractivity contribution in [1.29, 1.82) is 0 Å². The van der Waals surface area contributed by atoms with Crippen LogP contribution in [0.5, 0.6) is 0 Å². The normalized spacial score (nSPS) is 12.4. The first-order chi connectivity index (χ1) is 9.90. The SMILES string of the molecule is CCC(C)n1c(=S)[nH]c(=O)c2c(C(=O)OC)cc(C)nc21. The molecule has 0 saturated heterocycles. The van der Waals surface area contributed by atoms with Crippen LogP contribution < -0.4 is 5.56 Å². The van der Waals surface area contributed by atoms with E-state index in [2.05, 4.69) is 9.97 Å². The molecule has 6 nitrogen and oxygen atoms in total. The van der Waals surface area contributed by atoms with Gasteiger partial charge in [-0.3, -0.25) is 14.3 Å². The molecule has 21 heavy (non-hydrogen) atoms. The average molecular weight is 307 g/mol. The number of nitrogens with zero attached hydrogens (tertiary/aromatic N) is 2. The lowest BCUT2D eigenvalue weighted by molar-refractivity contribution is 0.0602. The van der Waals surface area contributed by atoms with E-state index in [0.29, 0.717) is 16.1 Å². The number of pyridine rings is 1. The smallest absolute Gasteiger partial charge is 0.338 e. The lowest BCUT2D eigenvalue weighted by atomic mass is 10.1. The zero-order valence-electron chi connectivity index (χ0n) is 12.4. The number of carbonyl (C=O) groups excluding carboxylic acids is 1. The number of aryl methyl sites for hydroxylation is 1. The van der Waals surface area contributed by atoms with Crippen LogP contribution in [0.25, 0.3) is 11.0 Å². The van der Waals surface area contributed by atoms with Crippen LogP contribution in [0.1, 0.15) is 42.4 Å². The van der Waals surface area contributed by atoms with Gasteiger partial charge in [-0.05, 0) is 38.6 Å². The van der Waals surface area contributed by atoms with Gasteiger partial charge < -0.3 is 4.74 Å². The molecule has 0 aliphatic rings. The van der Waals surface area contributed by atoms with E-state index in [-0.39, 0.29) is 17.0 Å². The van der Waals surface area contributed by atoms with Crippen molar-refractivity contribution in [3.05, 3.63) is 32.4 Å². The molecule has 0 aromatic carbocycles. The number of methoxy groups -OCH3 is 1. The van der Waals surface area contributed by atoms with Crippen molar-refractivity contribution in [3.8, 4) is 0 Å². The zero-order valence-corrected chi connectivity index (χ0v) is 13.2. The van der Waals surface area contributed by atoms with E-state index in [9.17, 15) is 9.59 Å². The molecule has 2 aromatic rings. The summed E-state index contributed by atoms with van der Waals surface area (Å²) in [6, 6.07) is 1.60. The second kappa shape index (κ2) is 5.77. The molecule has 0 amide bonds. The van der Waals surface area contributed by atoms with Crippen LogP contribution in [0.15, 0.2) is 10.9 Å². The number of nitrogens with one attached hydrogen (secondary N) is 1. The van der Waals surface area contributed by atoms with Gasteiger partial charge in [0.15, 0.2) is 4.77 Å². The van der Waals surface area contributed by atoms with E-state index >= 15 is 0 Å². The number of aromatic amines is 1. The molecule has 0 fully saturated rings. The maximum atomic E-state index is 12.2. The summed E-state index contributed by atoms with van der Waals surface area (Å²) in [6.45, 7) is 5.76. The van der Waals surface area contributed by atoms with E-state index in [1.54, 1.807) is 17.6 Å². The highest BCUT2D eigenvalue weighted by Crippen LogP contribution is 2.20. The summed E-state index contributed by atoms with van der Waals surface area (Å²) in [6.07, 6.45) is 0.818. The van der Waals surface area contributed by atoms with Gasteiger partial charge in [0, 0.05) is 11.7 Å². The fourth-order valence-corrected chi connectivity index (χ4v) is 2.59. The minimum Gasteiger partial charge on any atom is -0.465 e. The highest BCUT2D eigenvalue weighted by Gasteiger charge is 2.19. The first kappa shape index (κ1) is 15.4. The number of hydrogen-bond donors (Lipinski definition) is 1. The summed E-state index contributed by atoms with van der Waals surface area (Å²) in [5, 5.41) is 0.210. The number of hydrogen-bond acceptors (Lipinski definition) is 5.